The highest BCUT2D eigenvalue weighted by molar-refractivity contribution is 6.33. The van der Waals surface area contributed by atoms with Crippen LogP contribution in [0.3, 0.4) is 0 Å². The van der Waals surface area contributed by atoms with Crippen LogP contribution in [0.2, 0.25) is 5.15 Å². The number of halogens is 1. The normalized spacial score (nSPS) is 10.5. The van der Waals surface area contributed by atoms with E-state index in [4.69, 9.17) is 16.3 Å². The van der Waals surface area contributed by atoms with Crippen molar-refractivity contribution in [1.29, 1.82) is 0 Å². The van der Waals surface area contributed by atoms with Crippen LogP contribution >= 0.6 is 11.6 Å². The van der Waals surface area contributed by atoms with Crippen LogP contribution in [-0.2, 0) is 4.74 Å². The Morgan fingerprint density at radius 1 is 1.67 bits per heavy atom. The molecule has 0 N–H and O–H groups in total. The SMILES string of the molecule is CCOC(=O)c1c(Cl)nn2cccnc12. The minimum absolute atomic E-state index is 0.104. The predicted octanol–water partition coefficient (Wildman–Crippen LogP) is 1.56. The number of nitrogens with zero attached hydrogens (tertiary/aromatic N) is 3. The maximum absolute atomic E-state index is 11.5. The standard InChI is InChI=1S/C9H8ClN3O2/c1-2-15-9(14)6-7(10)12-13-5-3-4-11-8(6)13/h3-5H,2H2,1H3. The van der Waals surface area contributed by atoms with Gasteiger partial charge in [0.2, 0.25) is 0 Å². The lowest BCUT2D eigenvalue weighted by Gasteiger charge is -1.98. The van der Waals surface area contributed by atoms with E-state index in [1.807, 2.05) is 0 Å². The van der Waals surface area contributed by atoms with Gasteiger partial charge in [-0.15, -0.1) is 0 Å². The second-order valence-electron chi connectivity index (χ2n) is 2.77. The molecule has 0 aliphatic carbocycles. The van der Waals surface area contributed by atoms with Crippen molar-refractivity contribution in [3.8, 4) is 0 Å². The van der Waals surface area contributed by atoms with Crippen molar-refractivity contribution in [2.24, 2.45) is 0 Å². The molecule has 0 saturated carbocycles. The highest BCUT2D eigenvalue weighted by Gasteiger charge is 2.20. The first-order chi connectivity index (χ1) is 7.24. The lowest BCUT2D eigenvalue weighted by atomic mass is 10.3. The lowest BCUT2D eigenvalue weighted by molar-refractivity contribution is 0.0528. The summed E-state index contributed by atoms with van der Waals surface area (Å²) >= 11 is 5.83. The van der Waals surface area contributed by atoms with Gasteiger partial charge >= 0.3 is 5.97 Å². The monoisotopic (exact) mass is 225 g/mol. The second-order valence-corrected chi connectivity index (χ2v) is 3.13. The third kappa shape index (κ3) is 1.66. The molecule has 0 aliphatic rings. The van der Waals surface area contributed by atoms with Gasteiger partial charge in [-0.2, -0.15) is 5.10 Å². The van der Waals surface area contributed by atoms with E-state index < -0.39 is 5.97 Å². The van der Waals surface area contributed by atoms with Gasteiger partial charge in [0.25, 0.3) is 0 Å². The minimum atomic E-state index is -0.504. The number of ether oxygens (including phenoxy) is 1. The van der Waals surface area contributed by atoms with Crippen molar-refractivity contribution >= 4 is 23.2 Å². The van der Waals surface area contributed by atoms with Crippen molar-refractivity contribution in [1.82, 2.24) is 14.6 Å². The summed E-state index contributed by atoms with van der Waals surface area (Å²) in [7, 11) is 0. The maximum Gasteiger partial charge on any atom is 0.345 e. The van der Waals surface area contributed by atoms with Gasteiger partial charge < -0.3 is 4.74 Å². The number of carbonyl (C=O) groups excluding carboxylic acids is 1. The van der Waals surface area contributed by atoms with Gasteiger partial charge in [0.15, 0.2) is 10.8 Å². The third-order valence-corrected chi connectivity index (χ3v) is 2.10. The Hall–Kier alpha value is -1.62. The highest BCUT2D eigenvalue weighted by atomic mass is 35.5. The van der Waals surface area contributed by atoms with E-state index in [1.54, 1.807) is 25.4 Å². The fraction of sp³-hybridized carbons (Fsp3) is 0.222. The number of aromatic nitrogens is 3. The van der Waals surface area contributed by atoms with Gasteiger partial charge in [-0.05, 0) is 13.0 Å². The zero-order valence-corrected chi connectivity index (χ0v) is 8.73. The van der Waals surface area contributed by atoms with Crippen LogP contribution in [0.4, 0.5) is 0 Å². The van der Waals surface area contributed by atoms with Crippen LogP contribution in [0.15, 0.2) is 18.5 Å². The summed E-state index contributed by atoms with van der Waals surface area (Å²) in [4.78, 5) is 15.6. The van der Waals surface area contributed by atoms with E-state index in [0.717, 1.165) is 0 Å². The van der Waals surface area contributed by atoms with Crippen LogP contribution in [-0.4, -0.2) is 27.2 Å². The topological polar surface area (TPSA) is 56.5 Å². The van der Waals surface area contributed by atoms with E-state index in [2.05, 4.69) is 10.1 Å². The van der Waals surface area contributed by atoms with Crippen LogP contribution in [0, 0.1) is 0 Å². The van der Waals surface area contributed by atoms with E-state index >= 15 is 0 Å². The molecule has 0 fully saturated rings. The van der Waals surface area contributed by atoms with Crippen LogP contribution in [0.1, 0.15) is 17.3 Å². The smallest absolute Gasteiger partial charge is 0.345 e. The Bertz CT molecular complexity index is 509. The summed E-state index contributed by atoms with van der Waals surface area (Å²) in [5, 5.41) is 4.04. The van der Waals surface area contributed by atoms with E-state index in [1.165, 1.54) is 4.52 Å². The first kappa shape index (κ1) is 9.92. The number of esters is 1. The molecule has 2 aromatic heterocycles. The zero-order chi connectivity index (χ0) is 10.8. The molecule has 2 rings (SSSR count). The molecule has 5 nitrogen and oxygen atoms in total. The Morgan fingerprint density at radius 3 is 3.20 bits per heavy atom. The van der Waals surface area contributed by atoms with Gasteiger partial charge in [-0.3, -0.25) is 0 Å². The van der Waals surface area contributed by atoms with Crippen molar-refractivity contribution in [2.75, 3.05) is 6.61 Å². The predicted molar refractivity (Wildman–Crippen MR) is 54.0 cm³/mol. The highest BCUT2D eigenvalue weighted by Crippen LogP contribution is 2.19. The van der Waals surface area contributed by atoms with Crippen LogP contribution in [0.5, 0.6) is 0 Å². The van der Waals surface area contributed by atoms with Crippen LogP contribution < -0.4 is 0 Å². The summed E-state index contributed by atoms with van der Waals surface area (Å²) in [6.45, 7) is 2.02. The molecule has 2 aromatic rings. The summed E-state index contributed by atoms with van der Waals surface area (Å²) in [5.74, 6) is -0.504. The molecule has 0 atom stereocenters. The fourth-order valence-electron chi connectivity index (χ4n) is 1.24. The molecular formula is C9H8ClN3O2. The Morgan fingerprint density at radius 2 is 2.47 bits per heavy atom. The molecule has 0 radical (unpaired) electrons. The Labute approximate surface area is 90.6 Å². The third-order valence-electron chi connectivity index (χ3n) is 1.83. The molecule has 78 valence electrons. The molecule has 0 unspecified atom stereocenters. The Balaban J connectivity index is 2.58. The number of hydrogen-bond donors (Lipinski definition) is 0. The molecule has 6 heteroatoms. The zero-order valence-electron chi connectivity index (χ0n) is 7.98. The molecule has 0 saturated heterocycles. The molecule has 0 aliphatic heterocycles. The minimum Gasteiger partial charge on any atom is -0.462 e. The van der Waals surface area contributed by atoms with E-state index in [9.17, 15) is 4.79 Å². The largest absolute Gasteiger partial charge is 0.462 e. The first-order valence-electron chi connectivity index (χ1n) is 4.40. The lowest BCUT2D eigenvalue weighted by Crippen LogP contribution is -2.05. The molecule has 0 spiro atoms. The molecule has 15 heavy (non-hydrogen) atoms. The maximum atomic E-state index is 11.5. The van der Waals surface area contributed by atoms with Crippen molar-refractivity contribution in [3.05, 3.63) is 29.2 Å². The molecule has 0 aromatic carbocycles. The first-order valence-corrected chi connectivity index (χ1v) is 4.77. The summed E-state index contributed by atoms with van der Waals surface area (Å²) in [6, 6.07) is 1.70. The number of carbonyl (C=O) groups is 1. The quantitative estimate of drug-likeness (QED) is 0.728. The van der Waals surface area contributed by atoms with Gasteiger partial charge in [0.1, 0.15) is 5.56 Å². The molecule has 2 heterocycles. The second kappa shape index (κ2) is 3.86. The van der Waals surface area contributed by atoms with E-state index in [-0.39, 0.29) is 10.7 Å². The summed E-state index contributed by atoms with van der Waals surface area (Å²) < 4.78 is 6.30. The molecule has 0 bridgehead atoms. The fourth-order valence-corrected chi connectivity index (χ4v) is 1.48. The average Bonchev–Trinajstić information content (AvgIpc) is 2.54. The van der Waals surface area contributed by atoms with Gasteiger partial charge in [0.05, 0.1) is 6.61 Å². The summed E-state index contributed by atoms with van der Waals surface area (Å²) in [5.41, 5.74) is 0.611. The summed E-state index contributed by atoms with van der Waals surface area (Å²) in [6.07, 6.45) is 3.23. The number of hydrogen-bond acceptors (Lipinski definition) is 4. The van der Waals surface area contributed by atoms with Crippen molar-refractivity contribution in [3.63, 3.8) is 0 Å². The van der Waals surface area contributed by atoms with Gasteiger partial charge in [-0.1, -0.05) is 11.6 Å². The van der Waals surface area contributed by atoms with Crippen molar-refractivity contribution in [2.45, 2.75) is 6.92 Å². The molecular weight excluding hydrogens is 218 g/mol. The Kier molecular flexibility index (Phi) is 2.55. The van der Waals surface area contributed by atoms with Gasteiger partial charge in [-0.25, -0.2) is 14.3 Å². The van der Waals surface area contributed by atoms with Crippen LogP contribution in [0.25, 0.3) is 5.65 Å². The average molecular weight is 226 g/mol. The van der Waals surface area contributed by atoms with E-state index in [0.29, 0.717) is 12.3 Å². The molecule has 0 amide bonds. The van der Waals surface area contributed by atoms with Crippen molar-refractivity contribution < 1.29 is 9.53 Å². The number of fused-ring (bicyclic) bond motifs is 1. The number of rotatable bonds is 2. The van der Waals surface area contributed by atoms with Gasteiger partial charge in [0, 0.05) is 12.4 Å².